The van der Waals surface area contributed by atoms with Crippen LogP contribution in [-0.2, 0) is 5.41 Å². The van der Waals surface area contributed by atoms with Gasteiger partial charge in [-0.05, 0) is 63.2 Å². The van der Waals surface area contributed by atoms with Crippen molar-refractivity contribution in [2.24, 2.45) is 5.92 Å². The molecule has 1 aromatic rings. The second kappa shape index (κ2) is 5.88. The summed E-state index contributed by atoms with van der Waals surface area (Å²) in [6.45, 7) is 7.34. The molecule has 1 aromatic carbocycles. The van der Waals surface area contributed by atoms with Crippen molar-refractivity contribution in [3.8, 4) is 0 Å². The topological polar surface area (TPSA) is 15.3 Å². The highest BCUT2D eigenvalue weighted by Gasteiger charge is 2.41. The largest absolute Gasteiger partial charge is 0.384 e. The molecule has 0 radical (unpaired) electrons. The molecule has 2 nitrogen and oxygen atoms in total. The fourth-order valence-electron chi connectivity index (χ4n) is 4.96. The van der Waals surface area contributed by atoms with Gasteiger partial charge in [0.15, 0.2) is 0 Å². The van der Waals surface area contributed by atoms with Crippen LogP contribution >= 0.6 is 0 Å². The average Bonchev–Trinajstić information content (AvgIpc) is 2.89. The summed E-state index contributed by atoms with van der Waals surface area (Å²) in [7, 11) is 0. The van der Waals surface area contributed by atoms with Crippen LogP contribution in [0.2, 0.25) is 0 Å². The SMILES string of the molecule is Cc1ccc2c(c1)C1(CCN(CC3CCCCC3)CC1)CN2. The number of nitrogens with one attached hydrogen (secondary N) is 1. The minimum Gasteiger partial charge on any atom is -0.384 e. The molecule has 0 amide bonds. The standard InChI is InChI=1S/C20H30N2/c1-16-7-8-19-18(13-16)20(15-21-19)9-11-22(12-10-20)14-17-5-3-2-4-6-17/h7-8,13,17,21H,2-6,9-12,14-15H2,1H3. The van der Waals surface area contributed by atoms with E-state index >= 15 is 0 Å². The van der Waals surface area contributed by atoms with Gasteiger partial charge in [0.2, 0.25) is 0 Å². The summed E-state index contributed by atoms with van der Waals surface area (Å²) < 4.78 is 0. The fourth-order valence-corrected chi connectivity index (χ4v) is 4.96. The van der Waals surface area contributed by atoms with E-state index in [-0.39, 0.29) is 0 Å². The van der Waals surface area contributed by atoms with Crippen LogP contribution in [-0.4, -0.2) is 31.1 Å². The second-order valence-corrected chi connectivity index (χ2v) is 7.99. The van der Waals surface area contributed by atoms with Gasteiger partial charge in [-0.2, -0.15) is 0 Å². The van der Waals surface area contributed by atoms with E-state index in [0.29, 0.717) is 5.41 Å². The van der Waals surface area contributed by atoms with Gasteiger partial charge in [0.25, 0.3) is 0 Å². The predicted octanol–water partition coefficient (Wildman–Crippen LogP) is 4.33. The highest BCUT2D eigenvalue weighted by atomic mass is 15.1. The first-order valence-electron chi connectivity index (χ1n) is 9.33. The molecule has 1 aliphatic carbocycles. The summed E-state index contributed by atoms with van der Waals surface area (Å²) in [5, 5.41) is 3.67. The Labute approximate surface area is 135 Å². The van der Waals surface area contributed by atoms with Gasteiger partial charge < -0.3 is 10.2 Å². The van der Waals surface area contributed by atoms with E-state index in [1.165, 1.54) is 75.8 Å². The smallest absolute Gasteiger partial charge is 0.0379 e. The number of anilines is 1. The summed E-state index contributed by atoms with van der Waals surface area (Å²) in [5.74, 6) is 0.985. The lowest BCUT2D eigenvalue weighted by atomic mass is 9.73. The van der Waals surface area contributed by atoms with Gasteiger partial charge in [0, 0.05) is 24.2 Å². The first-order valence-corrected chi connectivity index (χ1v) is 9.33. The molecule has 22 heavy (non-hydrogen) atoms. The molecule has 4 rings (SSSR count). The molecule has 0 aromatic heterocycles. The lowest BCUT2D eigenvalue weighted by molar-refractivity contribution is 0.135. The van der Waals surface area contributed by atoms with Crippen molar-refractivity contribution >= 4 is 5.69 Å². The molecule has 2 fully saturated rings. The van der Waals surface area contributed by atoms with Gasteiger partial charge >= 0.3 is 0 Å². The lowest BCUT2D eigenvalue weighted by Crippen LogP contribution is -2.45. The Kier molecular flexibility index (Phi) is 3.89. The molecule has 0 bridgehead atoms. The zero-order valence-electron chi connectivity index (χ0n) is 14.0. The molecule has 1 saturated heterocycles. The highest BCUT2D eigenvalue weighted by molar-refractivity contribution is 5.61. The molecule has 120 valence electrons. The van der Waals surface area contributed by atoms with E-state index in [0.717, 1.165) is 12.5 Å². The third kappa shape index (κ3) is 2.67. The zero-order chi connectivity index (χ0) is 15.0. The molecule has 1 spiro atoms. The van der Waals surface area contributed by atoms with Crippen molar-refractivity contribution in [2.45, 2.75) is 57.3 Å². The Bertz CT molecular complexity index is 523. The van der Waals surface area contributed by atoms with E-state index in [9.17, 15) is 0 Å². The van der Waals surface area contributed by atoms with Gasteiger partial charge in [-0.3, -0.25) is 0 Å². The molecule has 1 saturated carbocycles. The average molecular weight is 298 g/mol. The zero-order valence-corrected chi connectivity index (χ0v) is 14.0. The molecule has 1 N–H and O–H groups in total. The third-order valence-electron chi connectivity index (χ3n) is 6.42. The van der Waals surface area contributed by atoms with Crippen molar-refractivity contribution in [1.29, 1.82) is 0 Å². The minimum atomic E-state index is 0.421. The number of likely N-dealkylation sites (tertiary alicyclic amines) is 1. The summed E-state index contributed by atoms with van der Waals surface area (Å²) in [6, 6.07) is 6.96. The number of fused-ring (bicyclic) bond motifs is 2. The third-order valence-corrected chi connectivity index (χ3v) is 6.42. The Morgan fingerprint density at radius 3 is 2.68 bits per heavy atom. The number of nitrogens with zero attached hydrogens (tertiary/aromatic N) is 1. The molecule has 2 heteroatoms. The number of hydrogen-bond acceptors (Lipinski definition) is 2. The van der Waals surface area contributed by atoms with Crippen molar-refractivity contribution in [1.82, 2.24) is 4.90 Å². The number of rotatable bonds is 2. The van der Waals surface area contributed by atoms with E-state index in [1.54, 1.807) is 5.56 Å². The molecular formula is C20H30N2. The molecule has 0 unspecified atom stereocenters. The first kappa shape index (κ1) is 14.6. The van der Waals surface area contributed by atoms with Gasteiger partial charge in [-0.1, -0.05) is 37.0 Å². The number of piperidine rings is 1. The maximum Gasteiger partial charge on any atom is 0.0379 e. The van der Waals surface area contributed by atoms with Crippen LogP contribution in [0.3, 0.4) is 0 Å². The summed E-state index contributed by atoms with van der Waals surface area (Å²) >= 11 is 0. The number of benzene rings is 1. The Morgan fingerprint density at radius 2 is 1.91 bits per heavy atom. The maximum absolute atomic E-state index is 3.67. The predicted molar refractivity (Wildman–Crippen MR) is 93.6 cm³/mol. The molecule has 2 heterocycles. The van der Waals surface area contributed by atoms with Crippen LogP contribution in [0.1, 0.15) is 56.1 Å². The van der Waals surface area contributed by atoms with Crippen molar-refractivity contribution in [2.75, 3.05) is 31.5 Å². The van der Waals surface area contributed by atoms with Crippen LogP contribution < -0.4 is 5.32 Å². The quantitative estimate of drug-likeness (QED) is 0.874. The normalized spacial score (nSPS) is 25.1. The number of aryl methyl sites for hydroxylation is 1. The van der Waals surface area contributed by atoms with E-state index in [4.69, 9.17) is 0 Å². The summed E-state index contributed by atoms with van der Waals surface area (Å²) in [4.78, 5) is 2.76. The van der Waals surface area contributed by atoms with Crippen LogP contribution in [0.15, 0.2) is 18.2 Å². The first-order chi connectivity index (χ1) is 10.8. The summed E-state index contributed by atoms with van der Waals surface area (Å²) in [5.41, 5.74) is 4.83. The Balaban J connectivity index is 1.41. The van der Waals surface area contributed by atoms with Crippen LogP contribution in [0.5, 0.6) is 0 Å². The van der Waals surface area contributed by atoms with Gasteiger partial charge in [-0.25, -0.2) is 0 Å². The fraction of sp³-hybridized carbons (Fsp3) is 0.700. The van der Waals surface area contributed by atoms with E-state index in [2.05, 4.69) is 35.3 Å². The molecule has 0 atom stereocenters. The number of hydrogen-bond donors (Lipinski definition) is 1. The monoisotopic (exact) mass is 298 g/mol. The van der Waals surface area contributed by atoms with Crippen LogP contribution in [0.25, 0.3) is 0 Å². The van der Waals surface area contributed by atoms with Crippen LogP contribution in [0, 0.1) is 12.8 Å². The lowest BCUT2D eigenvalue weighted by Gasteiger charge is -2.41. The molecule has 3 aliphatic rings. The summed E-state index contributed by atoms with van der Waals surface area (Å²) in [6.07, 6.45) is 10.0. The van der Waals surface area contributed by atoms with Gasteiger partial charge in [0.1, 0.15) is 0 Å². The van der Waals surface area contributed by atoms with Gasteiger partial charge in [-0.15, -0.1) is 0 Å². The van der Waals surface area contributed by atoms with Crippen molar-refractivity contribution in [3.05, 3.63) is 29.3 Å². The maximum atomic E-state index is 3.67. The van der Waals surface area contributed by atoms with E-state index in [1.807, 2.05) is 0 Å². The minimum absolute atomic E-state index is 0.421. The Hall–Kier alpha value is -1.02. The van der Waals surface area contributed by atoms with Crippen molar-refractivity contribution < 1.29 is 0 Å². The van der Waals surface area contributed by atoms with Gasteiger partial charge in [0.05, 0.1) is 0 Å². The van der Waals surface area contributed by atoms with Crippen molar-refractivity contribution in [3.63, 3.8) is 0 Å². The van der Waals surface area contributed by atoms with E-state index < -0.39 is 0 Å². The Morgan fingerprint density at radius 1 is 1.14 bits per heavy atom. The molecular weight excluding hydrogens is 268 g/mol. The molecule has 2 aliphatic heterocycles. The second-order valence-electron chi connectivity index (χ2n) is 7.99. The van der Waals surface area contributed by atoms with Crippen LogP contribution in [0.4, 0.5) is 5.69 Å². The highest BCUT2D eigenvalue weighted by Crippen LogP contribution is 2.44.